The molecule has 0 radical (unpaired) electrons. The molecule has 2 fully saturated rings. The van der Waals surface area contributed by atoms with Gasteiger partial charge < -0.3 is 20.4 Å². The summed E-state index contributed by atoms with van der Waals surface area (Å²) in [6.07, 6.45) is 8.65. The number of hydrogen-bond donors (Lipinski definition) is 2. The molecule has 7 nitrogen and oxygen atoms in total. The summed E-state index contributed by atoms with van der Waals surface area (Å²) in [5.74, 6) is 2.11. The Labute approximate surface area is 175 Å². The van der Waals surface area contributed by atoms with Crippen LogP contribution in [0.4, 0.5) is 5.82 Å². The van der Waals surface area contributed by atoms with Crippen molar-refractivity contribution >= 4 is 17.7 Å². The molecule has 3 heterocycles. The van der Waals surface area contributed by atoms with E-state index in [1.165, 1.54) is 25.7 Å². The van der Waals surface area contributed by atoms with Gasteiger partial charge in [0.15, 0.2) is 5.96 Å². The average Bonchev–Trinajstić information content (AvgIpc) is 3.04. The molecule has 0 saturated carbocycles. The van der Waals surface area contributed by atoms with Crippen molar-refractivity contribution in [2.24, 2.45) is 4.99 Å². The highest BCUT2D eigenvalue weighted by Crippen LogP contribution is 2.17. The second-order valence-electron chi connectivity index (χ2n) is 7.94. The number of rotatable bonds is 6. The van der Waals surface area contributed by atoms with Gasteiger partial charge in [-0.2, -0.15) is 0 Å². The summed E-state index contributed by atoms with van der Waals surface area (Å²) >= 11 is 0. The van der Waals surface area contributed by atoms with Crippen molar-refractivity contribution < 1.29 is 4.79 Å². The highest BCUT2D eigenvalue weighted by molar-refractivity contribution is 5.80. The standard InChI is InChI=1S/C22H36N6O/c1-3-21(29)28-14-11-19(17-28)26-22(23-4-2)25-16-18-9-10-20(24-15-18)27-12-7-5-6-8-13-27/h9-10,15,19H,3-8,11-14,16-17H2,1-2H3,(H2,23,25,26). The summed E-state index contributed by atoms with van der Waals surface area (Å²) in [7, 11) is 0. The predicted octanol–water partition coefficient (Wildman–Crippen LogP) is 2.53. The van der Waals surface area contributed by atoms with E-state index in [0.717, 1.165) is 56.5 Å². The lowest BCUT2D eigenvalue weighted by molar-refractivity contribution is -0.129. The highest BCUT2D eigenvalue weighted by Gasteiger charge is 2.25. The van der Waals surface area contributed by atoms with E-state index in [4.69, 9.17) is 4.99 Å². The van der Waals surface area contributed by atoms with Crippen LogP contribution in [0.2, 0.25) is 0 Å². The smallest absolute Gasteiger partial charge is 0.222 e. The van der Waals surface area contributed by atoms with Crippen LogP contribution in [0.25, 0.3) is 0 Å². The zero-order valence-corrected chi connectivity index (χ0v) is 18.0. The molecule has 3 rings (SSSR count). The number of carbonyl (C=O) groups excluding carboxylic acids is 1. The molecule has 2 aliphatic heterocycles. The number of anilines is 1. The number of aromatic nitrogens is 1. The number of nitrogens with one attached hydrogen (secondary N) is 2. The van der Waals surface area contributed by atoms with E-state index in [9.17, 15) is 4.79 Å². The first-order chi connectivity index (χ1) is 14.2. The Balaban J connectivity index is 1.55. The number of amides is 1. The fraction of sp³-hybridized carbons (Fsp3) is 0.682. The first-order valence-electron chi connectivity index (χ1n) is 11.2. The largest absolute Gasteiger partial charge is 0.357 e. The topological polar surface area (TPSA) is 72.9 Å². The van der Waals surface area contributed by atoms with Gasteiger partial charge in [-0.1, -0.05) is 25.8 Å². The van der Waals surface area contributed by atoms with Crippen LogP contribution in [0, 0.1) is 0 Å². The molecule has 0 bridgehead atoms. The summed E-state index contributed by atoms with van der Waals surface area (Å²) in [4.78, 5) is 25.6. The van der Waals surface area contributed by atoms with E-state index >= 15 is 0 Å². The molecule has 2 aliphatic rings. The molecule has 0 aliphatic carbocycles. The van der Waals surface area contributed by atoms with E-state index in [1.54, 1.807) is 0 Å². The van der Waals surface area contributed by atoms with Crippen molar-refractivity contribution in [3.63, 3.8) is 0 Å². The summed E-state index contributed by atoms with van der Waals surface area (Å²) in [5, 5.41) is 6.80. The molecule has 0 spiro atoms. The van der Waals surface area contributed by atoms with Gasteiger partial charge in [0, 0.05) is 51.4 Å². The van der Waals surface area contributed by atoms with Crippen LogP contribution in [0.3, 0.4) is 0 Å². The summed E-state index contributed by atoms with van der Waals surface area (Å²) in [6, 6.07) is 4.52. The number of likely N-dealkylation sites (tertiary alicyclic amines) is 1. The van der Waals surface area contributed by atoms with Gasteiger partial charge in [0.05, 0.1) is 6.54 Å². The van der Waals surface area contributed by atoms with Gasteiger partial charge >= 0.3 is 0 Å². The van der Waals surface area contributed by atoms with E-state index in [1.807, 2.05) is 18.0 Å². The van der Waals surface area contributed by atoms with Crippen molar-refractivity contribution in [3.8, 4) is 0 Å². The van der Waals surface area contributed by atoms with Crippen molar-refractivity contribution in [3.05, 3.63) is 23.9 Å². The SMILES string of the molecule is CCNC(=NCc1ccc(N2CCCCCC2)nc1)NC1CCN(C(=O)CC)C1. The van der Waals surface area contributed by atoms with E-state index in [-0.39, 0.29) is 11.9 Å². The van der Waals surface area contributed by atoms with Gasteiger partial charge in [-0.25, -0.2) is 9.98 Å². The van der Waals surface area contributed by atoms with Gasteiger partial charge in [-0.05, 0) is 37.8 Å². The monoisotopic (exact) mass is 400 g/mol. The first-order valence-corrected chi connectivity index (χ1v) is 11.2. The third-order valence-electron chi connectivity index (χ3n) is 5.69. The molecular weight excluding hydrogens is 364 g/mol. The van der Waals surface area contributed by atoms with Crippen molar-refractivity contribution in [2.45, 2.75) is 65.0 Å². The number of guanidine groups is 1. The van der Waals surface area contributed by atoms with Gasteiger partial charge in [0.1, 0.15) is 5.82 Å². The van der Waals surface area contributed by atoms with Gasteiger partial charge in [0.2, 0.25) is 5.91 Å². The van der Waals surface area contributed by atoms with Crippen molar-refractivity contribution in [2.75, 3.05) is 37.6 Å². The van der Waals surface area contributed by atoms with Crippen molar-refractivity contribution in [1.82, 2.24) is 20.5 Å². The Hall–Kier alpha value is -2.31. The summed E-state index contributed by atoms with van der Waals surface area (Å²) in [6.45, 7) is 9.18. The molecule has 2 saturated heterocycles. The Kier molecular flexibility index (Phi) is 8.14. The van der Waals surface area contributed by atoms with Gasteiger partial charge in [-0.15, -0.1) is 0 Å². The van der Waals surface area contributed by atoms with Gasteiger partial charge in [-0.3, -0.25) is 4.79 Å². The second-order valence-corrected chi connectivity index (χ2v) is 7.94. The second kappa shape index (κ2) is 11.0. The number of carbonyl (C=O) groups is 1. The first kappa shape index (κ1) is 21.4. The molecule has 29 heavy (non-hydrogen) atoms. The van der Waals surface area contributed by atoms with Crippen LogP contribution < -0.4 is 15.5 Å². The highest BCUT2D eigenvalue weighted by atomic mass is 16.2. The normalized spacial score (nSPS) is 20.5. The summed E-state index contributed by atoms with van der Waals surface area (Å²) in [5.41, 5.74) is 1.11. The zero-order valence-electron chi connectivity index (χ0n) is 18.0. The molecule has 1 atom stereocenters. The lowest BCUT2D eigenvalue weighted by atomic mass is 10.2. The molecule has 1 aromatic rings. The van der Waals surface area contributed by atoms with Crippen LogP contribution in [0.1, 0.15) is 57.9 Å². The van der Waals surface area contributed by atoms with Crippen LogP contribution in [0.15, 0.2) is 23.3 Å². The molecular formula is C22H36N6O. The molecule has 160 valence electrons. The Morgan fingerprint density at radius 2 is 1.97 bits per heavy atom. The lowest BCUT2D eigenvalue weighted by Gasteiger charge is -2.21. The van der Waals surface area contributed by atoms with Crippen LogP contribution in [-0.4, -0.2) is 60.5 Å². The fourth-order valence-electron chi connectivity index (χ4n) is 4.01. The maximum Gasteiger partial charge on any atom is 0.222 e. The Morgan fingerprint density at radius 3 is 2.62 bits per heavy atom. The molecule has 1 amide bonds. The third-order valence-corrected chi connectivity index (χ3v) is 5.69. The van der Waals surface area contributed by atoms with E-state index in [2.05, 4.69) is 39.6 Å². The van der Waals surface area contributed by atoms with Crippen LogP contribution in [0.5, 0.6) is 0 Å². The van der Waals surface area contributed by atoms with Crippen molar-refractivity contribution in [1.29, 1.82) is 0 Å². The molecule has 1 aromatic heterocycles. The minimum atomic E-state index is 0.229. The number of pyridine rings is 1. The molecule has 2 N–H and O–H groups in total. The third kappa shape index (κ3) is 6.34. The van der Waals surface area contributed by atoms with E-state index in [0.29, 0.717) is 13.0 Å². The average molecular weight is 401 g/mol. The number of hydrogen-bond acceptors (Lipinski definition) is 4. The summed E-state index contributed by atoms with van der Waals surface area (Å²) < 4.78 is 0. The minimum absolute atomic E-state index is 0.229. The predicted molar refractivity (Wildman–Crippen MR) is 118 cm³/mol. The molecule has 0 aromatic carbocycles. The minimum Gasteiger partial charge on any atom is -0.357 e. The van der Waals surface area contributed by atoms with Crippen LogP contribution in [-0.2, 0) is 11.3 Å². The number of aliphatic imine (C=N–C) groups is 1. The number of nitrogens with zero attached hydrogens (tertiary/aromatic N) is 4. The van der Waals surface area contributed by atoms with Crippen LogP contribution >= 0.6 is 0 Å². The quantitative estimate of drug-likeness (QED) is 0.567. The molecule has 7 heteroatoms. The zero-order chi connectivity index (χ0) is 20.5. The Bertz CT molecular complexity index is 666. The molecule has 1 unspecified atom stereocenters. The fourth-order valence-corrected chi connectivity index (χ4v) is 4.01. The lowest BCUT2D eigenvalue weighted by Crippen LogP contribution is -2.45. The maximum atomic E-state index is 11.9. The maximum absolute atomic E-state index is 11.9. The van der Waals surface area contributed by atoms with E-state index < -0.39 is 0 Å². The Morgan fingerprint density at radius 1 is 1.17 bits per heavy atom. The van der Waals surface area contributed by atoms with Gasteiger partial charge in [0.25, 0.3) is 0 Å².